The molecule has 244 valence electrons. The minimum Gasteiger partial charge on any atom is -0.381 e. The van der Waals surface area contributed by atoms with Gasteiger partial charge in [-0.05, 0) is 112 Å². The summed E-state index contributed by atoms with van der Waals surface area (Å²) in [5.74, 6) is 4.00. The molecule has 5 saturated carbocycles. The van der Waals surface area contributed by atoms with E-state index in [9.17, 15) is 4.79 Å². The van der Waals surface area contributed by atoms with Crippen molar-refractivity contribution in [2.24, 2.45) is 34.5 Å². The maximum absolute atomic E-state index is 10.6. The average molecular weight is 589 g/mol. The SMILES string of the molecule is CC1CCC(=O)CC1.CC1CCC2(CC1)OCCO2.CC1CCC2(CCCC2)CC1.CC1CCC2(CCOCC2)CC1. The standard InChI is InChI=1S/C11H20O.C11H20.C9H16O2.C7H12O/c1-10-2-4-11(5-3-10)6-8-12-9-7-11;1-10-4-8-11(9-5-10)6-2-3-7-11;1-8-2-4-9(5-3-8)10-6-7-11-9;1-6-2-4-7(8)5-3-6/h10H,2-9H2,1H3;10H,2-9H2,1H3;8H,2-7H2,1H3;6H,2-5H2,1H3. The molecule has 0 radical (unpaired) electrons. The molecule has 2 saturated heterocycles. The lowest BCUT2D eigenvalue weighted by Gasteiger charge is -2.42. The number of carbonyl (C=O) groups excluding carboxylic acids is 1. The van der Waals surface area contributed by atoms with Gasteiger partial charge in [0.05, 0.1) is 13.2 Å². The summed E-state index contributed by atoms with van der Waals surface area (Å²) in [6.07, 6.45) is 29.5. The highest BCUT2D eigenvalue weighted by Gasteiger charge is 2.39. The molecule has 0 unspecified atom stereocenters. The Labute approximate surface area is 260 Å². The van der Waals surface area contributed by atoms with Crippen LogP contribution in [0.15, 0.2) is 0 Å². The quantitative estimate of drug-likeness (QED) is 0.282. The third-order valence-corrected chi connectivity index (χ3v) is 12.6. The molecule has 0 atom stereocenters. The van der Waals surface area contributed by atoms with Gasteiger partial charge in [-0.2, -0.15) is 0 Å². The van der Waals surface area contributed by atoms with E-state index in [1.807, 2.05) is 0 Å². The Morgan fingerprint density at radius 3 is 1.29 bits per heavy atom. The molecule has 5 aliphatic carbocycles. The van der Waals surface area contributed by atoms with Crippen LogP contribution in [0.25, 0.3) is 0 Å². The number of rotatable bonds is 0. The summed E-state index contributed by atoms with van der Waals surface area (Å²) in [4.78, 5) is 10.6. The van der Waals surface area contributed by atoms with Gasteiger partial charge in [0.1, 0.15) is 5.78 Å². The summed E-state index contributed by atoms with van der Waals surface area (Å²) in [5.41, 5.74) is 1.57. The van der Waals surface area contributed by atoms with Gasteiger partial charge in [-0.1, -0.05) is 66.2 Å². The zero-order valence-electron chi connectivity index (χ0n) is 28.3. The highest BCUT2D eigenvalue weighted by atomic mass is 16.7. The predicted molar refractivity (Wildman–Crippen MR) is 174 cm³/mol. The Morgan fingerprint density at radius 1 is 0.476 bits per heavy atom. The Bertz CT molecular complexity index is 700. The summed E-state index contributed by atoms with van der Waals surface area (Å²) in [7, 11) is 0. The Hall–Kier alpha value is -0.450. The van der Waals surface area contributed by atoms with Gasteiger partial charge >= 0.3 is 0 Å². The van der Waals surface area contributed by atoms with E-state index >= 15 is 0 Å². The normalized spacial score (nSPS) is 32.3. The minimum atomic E-state index is -0.146. The van der Waals surface area contributed by atoms with Crippen LogP contribution in [0.2, 0.25) is 0 Å². The van der Waals surface area contributed by atoms with Crippen LogP contribution in [-0.4, -0.2) is 38.0 Å². The molecule has 7 fully saturated rings. The van der Waals surface area contributed by atoms with Gasteiger partial charge in [0, 0.05) is 38.9 Å². The molecule has 0 amide bonds. The molecule has 4 nitrogen and oxygen atoms in total. The van der Waals surface area contributed by atoms with Gasteiger partial charge in [0.25, 0.3) is 0 Å². The fraction of sp³-hybridized carbons (Fsp3) is 0.974. The van der Waals surface area contributed by atoms with Crippen LogP contribution in [0.5, 0.6) is 0 Å². The first-order chi connectivity index (χ1) is 20.2. The molecule has 0 aromatic rings. The van der Waals surface area contributed by atoms with Crippen molar-refractivity contribution < 1.29 is 19.0 Å². The average Bonchev–Trinajstić information content (AvgIpc) is 3.67. The smallest absolute Gasteiger partial charge is 0.168 e. The Kier molecular flexibility index (Phi) is 13.7. The molecule has 2 heterocycles. The fourth-order valence-electron chi connectivity index (χ4n) is 8.75. The zero-order valence-corrected chi connectivity index (χ0v) is 28.3. The highest BCUT2D eigenvalue weighted by molar-refractivity contribution is 5.78. The second kappa shape index (κ2) is 16.7. The highest BCUT2D eigenvalue weighted by Crippen LogP contribution is 2.50. The van der Waals surface area contributed by atoms with Crippen LogP contribution in [0, 0.1) is 34.5 Å². The van der Waals surface area contributed by atoms with Crippen LogP contribution in [-0.2, 0) is 19.0 Å². The molecule has 2 aliphatic heterocycles. The number of hydrogen-bond acceptors (Lipinski definition) is 4. The van der Waals surface area contributed by atoms with Crippen molar-refractivity contribution in [1.29, 1.82) is 0 Å². The Morgan fingerprint density at radius 2 is 0.857 bits per heavy atom. The lowest BCUT2D eigenvalue weighted by Crippen LogP contribution is -2.34. The van der Waals surface area contributed by atoms with E-state index in [-0.39, 0.29) is 5.79 Å². The third kappa shape index (κ3) is 10.9. The number of Topliss-reactive ketones (excluding diaryl/α,β-unsaturated/α-hetero) is 1. The van der Waals surface area contributed by atoms with Crippen LogP contribution in [0.3, 0.4) is 0 Å². The largest absolute Gasteiger partial charge is 0.381 e. The zero-order chi connectivity index (χ0) is 29.9. The van der Waals surface area contributed by atoms with E-state index in [4.69, 9.17) is 14.2 Å². The topological polar surface area (TPSA) is 44.8 Å². The van der Waals surface area contributed by atoms with Gasteiger partial charge < -0.3 is 14.2 Å². The van der Waals surface area contributed by atoms with Gasteiger partial charge in [-0.25, -0.2) is 0 Å². The molecule has 7 aliphatic rings. The minimum absolute atomic E-state index is 0.146. The molecule has 4 heteroatoms. The van der Waals surface area contributed by atoms with E-state index in [1.54, 1.807) is 25.7 Å². The maximum Gasteiger partial charge on any atom is 0.168 e. The van der Waals surface area contributed by atoms with Crippen LogP contribution in [0.4, 0.5) is 0 Å². The number of carbonyl (C=O) groups is 1. The van der Waals surface area contributed by atoms with Crippen molar-refractivity contribution in [2.75, 3.05) is 26.4 Å². The second-order valence-electron chi connectivity index (χ2n) is 16.2. The molecule has 7 rings (SSSR count). The summed E-state index contributed by atoms with van der Waals surface area (Å²) in [5, 5.41) is 0. The lowest BCUT2D eigenvalue weighted by atomic mass is 9.67. The maximum atomic E-state index is 10.6. The van der Waals surface area contributed by atoms with E-state index in [2.05, 4.69) is 27.7 Å². The van der Waals surface area contributed by atoms with Crippen molar-refractivity contribution in [1.82, 2.24) is 0 Å². The van der Waals surface area contributed by atoms with Gasteiger partial charge in [0.15, 0.2) is 5.79 Å². The number of ether oxygens (including phenoxy) is 3. The second-order valence-corrected chi connectivity index (χ2v) is 16.2. The first-order valence-electron chi connectivity index (χ1n) is 18.6. The number of ketones is 1. The van der Waals surface area contributed by atoms with Crippen LogP contribution in [0.1, 0.15) is 169 Å². The molecule has 3 spiro atoms. The molecule has 42 heavy (non-hydrogen) atoms. The fourth-order valence-corrected chi connectivity index (χ4v) is 8.75. The predicted octanol–water partition coefficient (Wildman–Crippen LogP) is 10.5. The molecule has 0 aromatic heterocycles. The first-order valence-corrected chi connectivity index (χ1v) is 18.6. The molecular formula is C38H68O4. The van der Waals surface area contributed by atoms with Crippen LogP contribution >= 0.6 is 0 Å². The van der Waals surface area contributed by atoms with E-state index in [1.165, 1.54) is 77.0 Å². The number of hydrogen-bond donors (Lipinski definition) is 0. The monoisotopic (exact) mass is 589 g/mol. The van der Waals surface area contributed by atoms with Gasteiger partial charge in [-0.3, -0.25) is 4.79 Å². The van der Waals surface area contributed by atoms with Crippen LogP contribution < -0.4 is 0 Å². The van der Waals surface area contributed by atoms with Crippen molar-refractivity contribution in [3.05, 3.63) is 0 Å². The summed E-state index contributed by atoms with van der Waals surface area (Å²) >= 11 is 0. The molecule has 0 N–H and O–H groups in total. The van der Waals surface area contributed by atoms with Gasteiger partial charge in [0.2, 0.25) is 0 Å². The van der Waals surface area contributed by atoms with Gasteiger partial charge in [-0.15, -0.1) is 0 Å². The Balaban J connectivity index is 0.000000130. The molecule has 0 aromatic carbocycles. The summed E-state index contributed by atoms with van der Waals surface area (Å²) < 4.78 is 16.6. The summed E-state index contributed by atoms with van der Waals surface area (Å²) in [6.45, 7) is 13.0. The lowest BCUT2D eigenvalue weighted by molar-refractivity contribution is -0.181. The summed E-state index contributed by atoms with van der Waals surface area (Å²) in [6, 6.07) is 0. The van der Waals surface area contributed by atoms with Crippen molar-refractivity contribution in [3.63, 3.8) is 0 Å². The van der Waals surface area contributed by atoms with E-state index in [0.717, 1.165) is 94.0 Å². The van der Waals surface area contributed by atoms with Crippen molar-refractivity contribution >= 4 is 5.78 Å². The third-order valence-electron chi connectivity index (χ3n) is 12.6. The molecule has 0 bridgehead atoms. The van der Waals surface area contributed by atoms with Crippen molar-refractivity contribution in [2.45, 2.75) is 175 Å². The van der Waals surface area contributed by atoms with E-state index < -0.39 is 0 Å². The van der Waals surface area contributed by atoms with E-state index in [0.29, 0.717) is 11.2 Å². The van der Waals surface area contributed by atoms with Crippen molar-refractivity contribution in [3.8, 4) is 0 Å². The molecular weight excluding hydrogens is 520 g/mol. The first kappa shape index (κ1) is 34.4.